The van der Waals surface area contributed by atoms with Gasteiger partial charge in [-0.05, 0) is 75.5 Å². The van der Waals surface area contributed by atoms with Gasteiger partial charge in [0.15, 0.2) is 37.1 Å². The smallest absolute Gasteiger partial charge is 0.203 e. The first-order valence-corrected chi connectivity index (χ1v) is 20.6. The molecule has 0 aromatic heterocycles. The van der Waals surface area contributed by atoms with Crippen molar-refractivity contribution in [2.45, 2.75) is 151 Å². The average Bonchev–Trinajstić information content (AvgIpc) is 3.69. The minimum atomic E-state index is -2.94. The lowest BCUT2D eigenvalue weighted by Gasteiger charge is -2.53. The average molecular weight is 761 g/mol. The minimum absolute atomic E-state index is 0.0136. The first kappa shape index (κ1) is 41.4. The Hall–Kier alpha value is -2.20. The van der Waals surface area contributed by atoms with Crippen LogP contribution in [0.15, 0.2) is 28.8 Å². The highest BCUT2D eigenvalue weighted by Crippen LogP contribution is 2.44. The standard InChI is InChI=1S/C41H62N2O11/c1-25(6-5-9-26-7-3-2-4-8-26)29(18-27-16-17-42-20-27)21-43-23-40(50)39(54-36(38(48)49)37(47)41(40,51)24-44)53-31-14-15-32-34(19-31)52-22-33(35(32)46)28-10-12-30(45)13-11-28/h5,9,16-17,20,24-26,28-37,39,43,45-47,50-51H,2-4,6-8,10-15,18-19,21-23H2,1H3/p+2. The van der Waals surface area contributed by atoms with Crippen LogP contribution < -0.4 is 10.4 Å². The zero-order valence-electron chi connectivity index (χ0n) is 31.7. The molecule has 13 nitrogen and oxygen atoms in total. The molecule has 13 heteroatoms. The van der Waals surface area contributed by atoms with Gasteiger partial charge in [0.25, 0.3) is 0 Å². The van der Waals surface area contributed by atoms with Crippen LogP contribution >= 0.6 is 0 Å². The van der Waals surface area contributed by atoms with E-state index in [2.05, 4.69) is 24.1 Å². The lowest BCUT2D eigenvalue weighted by molar-refractivity contribution is -0.682. The lowest BCUT2D eigenvalue weighted by atomic mass is 9.69. The number of aliphatic carboxylic acids is 1. The number of aliphatic imine (C=N–C) groups is 1. The van der Waals surface area contributed by atoms with Crippen molar-refractivity contribution in [3.63, 3.8) is 0 Å². The van der Waals surface area contributed by atoms with Crippen LogP contribution in [0.4, 0.5) is 0 Å². The molecule has 5 fully saturated rings. The van der Waals surface area contributed by atoms with Crippen LogP contribution in [0.3, 0.4) is 0 Å². The second kappa shape index (κ2) is 18.4. The molecular formula is C41H64N2O11+2. The number of nitrogens with two attached hydrogens (primary N) is 1. The summed E-state index contributed by atoms with van der Waals surface area (Å²) in [5, 5.41) is 70.3. The maximum Gasteiger partial charge on any atom is 0.203 e. The van der Waals surface area contributed by atoms with Crippen molar-refractivity contribution in [3.05, 3.63) is 30.3 Å². The molecular weight excluding hydrogens is 696 g/mol. The molecule has 8 N–H and O–H groups in total. The minimum Gasteiger partial charge on any atom is -0.547 e. The summed E-state index contributed by atoms with van der Waals surface area (Å²) in [4.78, 5) is 28.9. The van der Waals surface area contributed by atoms with Gasteiger partial charge >= 0.3 is 0 Å². The number of aliphatic hydroxyl groups is 7. The number of quaternary nitrogens is 1. The molecule has 0 aromatic rings. The third-order valence-electron chi connectivity index (χ3n) is 13.8. The van der Waals surface area contributed by atoms with E-state index in [4.69, 9.17) is 14.2 Å². The molecule has 6 rings (SSSR count). The highest BCUT2D eigenvalue weighted by atomic mass is 16.7. The van der Waals surface area contributed by atoms with Crippen LogP contribution in [0.1, 0.15) is 96.8 Å². The normalized spacial score (nSPS) is 41.5. The third-order valence-corrected chi connectivity index (χ3v) is 13.8. The number of ether oxygens (including phenoxy) is 3. The van der Waals surface area contributed by atoms with E-state index in [9.17, 15) is 40.2 Å². The molecule has 2 saturated heterocycles. The molecule has 0 aromatic carbocycles. The quantitative estimate of drug-likeness (QED) is 0.0569. The summed E-state index contributed by atoms with van der Waals surface area (Å²) in [5.74, 6) is -0.634. The van der Waals surface area contributed by atoms with Crippen molar-refractivity contribution < 1.29 is 59.8 Å². The van der Waals surface area contributed by atoms with E-state index in [0.717, 1.165) is 44.1 Å². The Kier molecular flexibility index (Phi) is 14.1. The zero-order chi connectivity index (χ0) is 38.5. The maximum absolute atomic E-state index is 12.6. The Morgan fingerprint density at radius 3 is 2.56 bits per heavy atom. The fraction of sp³-hybridized carbons (Fsp3) is 0.805. The van der Waals surface area contributed by atoms with Gasteiger partial charge in [-0.15, -0.1) is 4.99 Å². The summed E-state index contributed by atoms with van der Waals surface area (Å²) in [6.07, 6.45) is 13.0. The van der Waals surface area contributed by atoms with Gasteiger partial charge in [-0.25, -0.2) is 0 Å². The second-order valence-electron chi connectivity index (χ2n) is 17.3. The van der Waals surface area contributed by atoms with E-state index in [1.807, 2.05) is 12.3 Å². The summed E-state index contributed by atoms with van der Waals surface area (Å²) in [7, 11) is 0. The van der Waals surface area contributed by atoms with Crippen molar-refractivity contribution in [3.8, 4) is 0 Å². The summed E-state index contributed by atoms with van der Waals surface area (Å²) >= 11 is 0. The Labute approximate surface area is 319 Å². The van der Waals surface area contributed by atoms with Gasteiger partial charge in [0, 0.05) is 18.8 Å². The first-order chi connectivity index (χ1) is 25.9. The predicted octanol–water partition coefficient (Wildman–Crippen LogP) is 0.0119. The Bertz CT molecular complexity index is 1350. The van der Waals surface area contributed by atoms with Crippen molar-refractivity contribution in [1.82, 2.24) is 0 Å². The number of rotatable bonds is 15. The van der Waals surface area contributed by atoms with Gasteiger partial charge in [0.1, 0.15) is 30.9 Å². The second-order valence-corrected chi connectivity index (χ2v) is 17.3. The number of carboxylic acids is 1. The first-order valence-electron chi connectivity index (χ1n) is 20.6. The Balaban J connectivity index is 1.13. The van der Waals surface area contributed by atoms with Gasteiger partial charge in [-0.2, -0.15) is 0 Å². The van der Waals surface area contributed by atoms with Crippen LogP contribution in [-0.4, -0.2) is 123 Å². The predicted molar refractivity (Wildman–Crippen MR) is 196 cm³/mol. The summed E-state index contributed by atoms with van der Waals surface area (Å²) in [6, 6.07) is 0. The maximum atomic E-state index is 12.6. The lowest BCUT2D eigenvalue weighted by Crippen LogP contribution is -2.95. The Morgan fingerprint density at radius 2 is 1.87 bits per heavy atom. The van der Waals surface area contributed by atoms with Gasteiger partial charge in [-0.1, -0.05) is 38.3 Å². The van der Waals surface area contributed by atoms with Crippen molar-refractivity contribution in [2.24, 2.45) is 40.5 Å². The van der Waals surface area contributed by atoms with Crippen molar-refractivity contribution in [1.29, 1.82) is 0 Å². The zero-order valence-corrected chi connectivity index (χ0v) is 31.7. The summed E-state index contributed by atoms with van der Waals surface area (Å²) in [5.41, 5.74) is -4.40. The number of carboxylic acid groups (broad SMARTS) is 1. The number of hydrogen-bond acceptors (Lipinski definition) is 11. The number of allylic oxidation sites excluding steroid dienone is 3. The van der Waals surface area contributed by atoms with Crippen LogP contribution in [-0.2, 0) is 19.1 Å². The fourth-order valence-electron chi connectivity index (χ4n) is 10.2. The van der Waals surface area contributed by atoms with E-state index < -0.39 is 47.9 Å². The van der Waals surface area contributed by atoms with E-state index in [1.54, 1.807) is 11.9 Å². The number of aldehydes is 1. The van der Waals surface area contributed by atoms with Crippen LogP contribution in [0.25, 0.3) is 0 Å². The van der Waals surface area contributed by atoms with E-state index in [-0.39, 0.29) is 48.7 Å². The summed E-state index contributed by atoms with van der Waals surface area (Å²) < 4.78 is 17.0. The molecule has 3 aliphatic carbocycles. The number of fused-ring (bicyclic) bond motifs is 1. The van der Waals surface area contributed by atoms with Gasteiger partial charge in [-0.3, -0.25) is 4.79 Å². The topological polar surface area (TPSA) is 219 Å². The number of hydrogen-bond donors (Lipinski definition) is 6. The largest absolute Gasteiger partial charge is 0.547 e. The third kappa shape index (κ3) is 9.16. The Morgan fingerprint density at radius 1 is 1.11 bits per heavy atom. The molecule has 0 spiro atoms. The van der Waals surface area contributed by atoms with E-state index in [0.29, 0.717) is 44.2 Å². The number of nitrogens with zero attached hydrogens (tertiary/aromatic N) is 1. The van der Waals surface area contributed by atoms with Crippen LogP contribution in [0.5, 0.6) is 0 Å². The molecule has 3 saturated carbocycles. The van der Waals surface area contributed by atoms with Crippen molar-refractivity contribution in [2.75, 3.05) is 19.7 Å². The van der Waals surface area contributed by atoms with Gasteiger partial charge in [0.05, 0.1) is 48.7 Å². The highest BCUT2D eigenvalue weighted by Gasteiger charge is 2.68. The number of carbonyl (C=O) groups excluding carboxylic acids is 2. The molecule has 12 unspecified atom stereocenters. The van der Waals surface area contributed by atoms with Crippen LogP contribution in [0, 0.1) is 42.1 Å². The van der Waals surface area contributed by atoms with E-state index >= 15 is 0 Å². The molecule has 6 aliphatic rings. The van der Waals surface area contributed by atoms with E-state index in [1.165, 1.54) is 32.1 Å². The molecule has 0 radical (unpaired) electrons. The molecule has 302 valence electrons. The molecule has 12 atom stereocenters. The van der Waals surface area contributed by atoms with Gasteiger partial charge < -0.3 is 55.0 Å². The summed E-state index contributed by atoms with van der Waals surface area (Å²) in [6.45, 7) is 4.59. The van der Waals surface area contributed by atoms with Crippen LogP contribution in [0.2, 0.25) is 0 Å². The number of aliphatic hydroxyl groups excluding tert-OH is 3. The molecule has 3 aliphatic heterocycles. The fourth-order valence-corrected chi connectivity index (χ4v) is 10.2. The number of carbonyl (C=O) groups is 2. The molecule has 54 heavy (non-hydrogen) atoms. The molecule has 0 amide bonds. The van der Waals surface area contributed by atoms with Gasteiger partial charge in [0.2, 0.25) is 5.60 Å². The SMILES string of the molecule is CC(CC=CC1CCCCC1)C(C[NH2+]CC1(O)C(OC2CCC3C(C2)[OH+]CC(C2CCC(O)CC2)C3O)OC(C(=O)[O-])C(O)C1(O)C=O)CC1=C[CH+]N=C1. The van der Waals surface area contributed by atoms with Crippen molar-refractivity contribution >= 4 is 18.5 Å². The monoisotopic (exact) mass is 760 g/mol. The molecule has 3 heterocycles. The molecule has 0 bridgehead atoms. The highest BCUT2D eigenvalue weighted by molar-refractivity contribution is 5.82.